The summed E-state index contributed by atoms with van der Waals surface area (Å²) < 4.78 is 0. The fourth-order valence-electron chi connectivity index (χ4n) is 1.50. The number of aromatic nitrogens is 1. The lowest BCUT2D eigenvalue weighted by molar-refractivity contribution is -0.131. The molecule has 1 amide bonds. The summed E-state index contributed by atoms with van der Waals surface area (Å²) in [6, 6.07) is 5.27. The van der Waals surface area contributed by atoms with Gasteiger partial charge in [-0.15, -0.1) is 6.58 Å². The molecule has 0 fully saturated rings. The van der Waals surface area contributed by atoms with Crippen molar-refractivity contribution in [2.24, 2.45) is 5.73 Å². The summed E-state index contributed by atoms with van der Waals surface area (Å²) in [7, 11) is 1.76. The summed E-state index contributed by atoms with van der Waals surface area (Å²) in [4.78, 5) is 17.6. The number of rotatable bonds is 6. The van der Waals surface area contributed by atoms with Crippen molar-refractivity contribution < 1.29 is 4.79 Å². The summed E-state index contributed by atoms with van der Waals surface area (Å²) in [6.07, 6.45) is 4.66. The Kier molecular flexibility index (Phi) is 5.36. The van der Waals surface area contributed by atoms with Gasteiger partial charge >= 0.3 is 0 Å². The van der Waals surface area contributed by atoms with Crippen LogP contribution in [-0.2, 0) is 11.2 Å². The van der Waals surface area contributed by atoms with Crippen molar-refractivity contribution in [2.45, 2.75) is 18.9 Å². The second kappa shape index (κ2) is 6.81. The summed E-state index contributed by atoms with van der Waals surface area (Å²) in [5.41, 5.74) is 6.70. The van der Waals surface area contributed by atoms with Crippen molar-refractivity contribution in [3.8, 4) is 0 Å². The maximum atomic E-state index is 11.8. The Bertz CT molecular complexity index is 364. The first-order valence-corrected chi connectivity index (χ1v) is 5.66. The van der Waals surface area contributed by atoms with E-state index >= 15 is 0 Å². The predicted octanol–water partition coefficient (Wildman–Crippen LogP) is 0.986. The number of carbonyl (C=O) groups excluding carboxylic acids is 1. The molecule has 4 nitrogen and oxygen atoms in total. The molecular weight excluding hydrogens is 214 g/mol. The molecule has 1 rings (SSSR count). The van der Waals surface area contributed by atoms with E-state index < -0.39 is 6.04 Å². The van der Waals surface area contributed by atoms with Crippen LogP contribution in [0, 0.1) is 0 Å². The topological polar surface area (TPSA) is 59.2 Å². The third-order valence-electron chi connectivity index (χ3n) is 2.54. The zero-order chi connectivity index (χ0) is 12.7. The number of pyridine rings is 1. The fraction of sp³-hybridized carbons (Fsp3) is 0.385. The van der Waals surface area contributed by atoms with Gasteiger partial charge in [0.25, 0.3) is 0 Å². The van der Waals surface area contributed by atoms with Crippen LogP contribution in [0.4, 0.5) is 0 Å². The second-order valence-electron chi connectivity index (χ2n) is 3.96. The number of carbonyl (C=O) groups is 1. The van der Waals surface area contributed by atoms with Gasteiger partial charge < -0.3 is 10.6 Å². The van der Waals surface area contributed by atoms with Gasteiger partial charge in [0.2, 0.25) is 5.91 Å². The van der Waals surface area contributed by atoms with Gasteiger partial charge in [0.15, 0.2) is 0 Å². The van der Waals surface area contributed by atoms with Gasteiger partial charge in [0.05, 0.1) is 6.04 Å². The molecule has 4 heteroatoms. The Balaban J connectivity index is 2.41. The van der Waals surface area contributed by atoms with Gasteiger partial charge in [-0.2, -0.15) is 0 Å². The third-order valence-corrected chi connectivity index (χ3v) is 2.54. The SMILES string of the molecule is C=CCC(N)C(=O)N(C)CCc1ccccn1. The molecule has 0 aliphatic carbocycles. The van der Waals surface area contributed by atoms with E-state index in [1.54, 1.807) is 24.2 Å². The number of nitrogens with zero attached hydrogens (tertiary/aromatic N) is 2. The molecule has 0 saturated heterocycles. The quantitative estimate of drug-likeness (QED) is 0.745. The molecule has 1 aromatic heterocycles. The molecule has 0 aliphatic rings. The van der Waals surface area contributed by atoms with Crippen molar-refractivity contribution in [3.05, 3.63) is 42.7 Å². The maximum Gasteiger partial charge on any atom is 0.239 e. The highest BCUT2D eigenvalue weighted by Crippen LogP contribution is 2.00. The molecule has 1 aromatic rings. The summed E-state index contributed by atoms with van der Waals surface area (Å²) in [6.45, 7) is 4.20. The van der Waals surface area contributed by atoms with Gasteiger partial charge in [-0.1, -0.05) is 12.1 Å². The largest absolute Gasteiger partial charge is 0.344 e. The van der Waals surface area contributed by atoms with Crippen molar-refractivity contribution in [1.29, 1.82) is 0 Å². The van der Waals surface area contributed by atoms with Gasteiger partial charge in [-0.25, -0.2) is 0 Å². The van der Waals surface area contributed by atoms with E-state index in [4.69, 9.17) is 5.73 Å². The molecule has 0 bridgehead atoms. The van der Waals surface area contributed by atoms with E-state index in [9.17, 15) is 4.79 Å². The average molecular weight is 233 g/mol. The lowest BCUT2D eigenvalue weighted by atomic mass is 10.2. The standard InChI is InChI=1S/C13H19N3O/c1-3-6-12(14)13(17)16(2)10-8-11-7-4-5-9-15-11/h3-5,7,9,12H,1,6,8,10,14H2,2H3. The Labute approximate surface area is 102 Å². The van der Waals surface area contributed by atoms with E-state index in [-0.39, 0.29) is 5.91 Å². The lowest BCUT2D eigenvalue weighted by Crippen LogP contribution is -2.42. The molecule has 17 heavy (non-hydrogen) atoms. The van der Waals surface area contributed by atoms with Crippen LogP contribution >= 0.6 is 0 Å². The molecule has 2 N–H and O–H groups in total. The molecule has 1 atom stereocenters. The maximum absolute atomic E-state index is 11.8. The molecular formula is C13H19N3O. The molecule has 1 unspecified atom stereocenters. The zero-order valence-corrected chi connectivity index (χ0v) is 10.2. The minimum Gasteiger partial charge on any atom is -0.344 e. The first-order chi connectivity index (χ1) is 8.15. The van der Waals surface area contributed by atoms with Crippen LogP contribution in [0.3, 0.4) is 0 Å². The van der Waals surface area contributed by atoms with Gasteiger partial charge in [-0.05, 0) is 18.6 Å². The van der Waals surface area contributed by atoms with Crippen LogP contribution in [0.1, 0.15) is 12.1 Å². The van der Waals surface area contributed by atoms with Crippen molar-refractivity contribution in [3.63, 3.8) is 0 Å². The van der Waals surface area contributed by atoms with Crippen molar-refractivity contribution >= 4 is 5.91 Å². The van der Waals surface area contributed by atoms with E-state index in [0.717, 1.165) is 12.1 Å². The highest BCUT2D eigenvalue weighted by molar-refractivity contribution is 5.81. The van der Waals surface area contributed by atoms with E-state index in [0.29, 0.717) is 13.0 Å². The molecule has 0 aromatic carbocycles. The van der Waals surface area contributed by atoms with Crippen LogP contribution in [0.5, 0.6) is 0 Å². The zero-order valence-electron chi connectivity index (χ0n) is 10.2. The Morgan fingerprint density at radius 2 is 2.41 bits per heavy atom. The molecule has 0 radical (unpaired) electrons. The summed E-state index contributed by atoms with van der Waals surface area (Å²) >= 11 is 0. The number of hydrogen-bond acceptors (Lipinski definition) is 3. The summed E-state index contributed by atoms with van der Waals surface area (Å²) in [5, 5.41) is 0. The van der Waals surface area contributed by atoms with Gasteiger partial charge in [0.1, 0.15) is 0 Å². The lowest BCUT2D eigenvalue weighted by Gasteiger charge is -2.20. The smallest absolute Gasteiger partial charge is 0.239 e. The van der Waals surface area contributed by atoms with Crippen LogP contribution in [-0.4, -0.2) is 35.4 Å². The van der Waals surface area contributed by atoms with E-state index in [2.05, 4.69) is 11.6 Å². The monoisotopic (exact) mass is 233 g/mol. The van der Waals surface area contributed by atoms with Crippen LogP contribution in [0.15, 0.2) is 37.1 Å². The van der Waals surface area contributed by atoms with E-state index in [1.165, 1.54) is 0 Å². The summed E-state index contributed by atoms with van der Waals surface area (Å²) in [5.74, 6) is -0.0548. The van der Waals surface area contributed by atoms with Gasteiger partial charge in [-0.3, -0.25) is 9.78 Å². The average Bonchev–Trinajstić information content (AvgIpc) is 2.36. The van der Waals surface area contributed by atoms with Crippen LogP contribution in [0.25, 0.3) is 0 Å². The third kappa shape index (κ3) is 4.36. The minimum absolute atomic E-state index is 0.0548. The number of hydrogen-bond donors (Lipinski definition) is 1. The Hall–Kier alpha value is -1.68. The fourth-order valence-corrected chi connectivity index (χ4v) is 1.50. The molecule has 92 valence electrons. The molecule has 1 heterocycles. The first kappa shape index (κ1) is 13.4. The van der Waals surface area contributed by atoms with Crippen molar-refractivity contribution in [1.82, 2.24) is 9.88 Å². The highest BCUT2D eigenvalue weighted by atomic mass is 16.2. The molecule has 0 aliphatic heterocycles. The Morgan fingerprint density at radius 3 is 3.00 bits per heavy atom. The second-order valence-corrected chi connectivity index (χ2v) is 3.96. The first-order valence-electron chi connectivity index (χ1n) is 5.66. The van der Waals surface area contributed by atoms with Gasteiger partial charge in [0, 0.05) is 31.9 Å². The highest BCUT2D eigenvalue weighted by Gasteiger charge is 2.16. The predicted molar refractivity (Wildman–Crippen MR) is 68.4 cm³/mol. The van der Waals surface area contributed by atoms with Crippen molar-refractivity contribution in [2.75, 3.05) is 13.6 Å². The van der Waals surface area contributed by atoms with E-state index in [1.807, 2.05) is 18.2 Å². The van der Waals surface area contributed by atoms with Crippen LogP contribution in [0.2, 0.25) is 0 Å². The molecule has 0 saturated carbocycles. The minimum atomic E-state index is -0.485. The normalized spacial score (nSPS) is 11.9. The van der Waals surface area contributed by atoms with Crippen LogP contribution < -0.4 is 5.73 Å². The molecule has 0 spiro atoms. The number of amides is 1. The number of likely N-dealkylation sites (N-methyl/N-ethyl adjacent to an activating group) is 1. The Morgan fingerprint density at radius 1 is 1.65 bits per heavy atom. The number of nitrogens with two attached hydrogens (primary N) is 1.